The summed E-state index contributed by atoms with van der Waals surface area (Å²) in [6.07, 6.45) is 2.61. The Hall–Kier alpha value is -3.67. The quantitative estimate of drug-likeness (QED) is 0.584. The molecule has 0 bridgehead atoms. The summed E-state index contributed by atoms with van der Waals surface area (Å²) in [7, 11) is 1.56. The number of aromatic nitrogens is 1. The molecule has 1 amide bonds. The van der Waals surface area contributed by atoms with Crippen LogP contribution in [0, 0.1) is 0 Å². The number of aryl methyl sites for hydroxylation is 1. The van der Waals surface area contributed by atoms with Crippen LogP contribution in [-0.2, 0) is 24.3 Å². The van der Waals surface area contributed by atoms with Gasteiger partial charge < -0.3 is 14.7 Å². The Morgan fingerprint density at radius 1 is 0.933 bits per heavy atom. The third-order valence-corrected chi connectivity index (χ3v) is 4.78. The van der Waals surface area contributed by atoms with Crippen molar-refractivity contribution in [3.63, 3.8) is 0 Å². The van der Waals surface area contributed by atoms with Crippen LogP contribution in [0.4, 0.5) is 0 Å². The molecule has 30 heavy (non-hydrogen) atoms. The van der Waals surface area contributed by atoms with Crippen molar-refractivity contribution in [3.8, 4) is 5.88 Å². The van der Waals surface area contributed by atoms with Gasteiger partial charge in [-0.15, -0.1) is 0 Å². The van der Waals surface area contributed by atoms with Gasteiger partial charge >= 0.3 is 5.97 Å². The highest BCUT2D eigenvalue weighted by Crippen LogP contribution is 2.15. The monoisotopic (exact) mass is 404 g/mol. The summed E-state index contributed by atoms with van der Waals surface area (Å²) in [6.45, 7) is 0.896. The van der Waals surface area contributed by atoms with Crippen LogP contribution in [0.25, 0.3) is 0 Å². The van der Waals surface area contributed by atoms with Crippen LogP contribution < -0.4 is 4.74 Å². The highest BCUT2D eigenvalue weighted by molar-refractivity contribution is 5.87. The molecule has 0 spiro atoms. The van der Waals surface area contributed by atoms with Gasteiger partial charge in [0.05, 0.1) is 12.7 Å². The van der Waals surface area contributed by atoms with Crippen LogP contribution in [0.5, 0.6) is 5.88 Å². The van der Waals surface area contributed by atoms with Gasteiger partial charge in [-0.2, -0.15) is 0 Å². The minimum atomic E-state index is -0.966. The van der Waals surface area contributed by atoms with Gasteiger partial charge in [0.25, 0.3) is 0 Å². The second kappa shape index (κ2) is 10.2. The molecule has 0 fully saturated rings. The number of hydrogen-bond donors (Lipinski definition) is 1. The largest absolute Gasteiger partial charge is 0.481 e. The number of aromatic carboxylic acids is 1. The third-order valence-electron chi connectivity index (χ3n) is 4.78. The van der Waals surface area contributed by atoms with E-state index >= 15 is 0 Å². The van der Waals surface area contributed by atoms with E-state index in [4.69, 9.17) is 9.84 Å². The first kappa shape index (κ1) is 21.0. The van der Waals surface area contributed by atoms with E-state index in [2.05, 4.69) is 4.98 Å². The molecule has 1 aromatic heterocycles. The first-order chi connectivity index (χ1) is 14.5. The van der Waals surface area contributed by atoms with Crippen molar-refractivity contribution in [1.82, 2.24) is 9.88 Å². The lowest BCUT2D eigenvalue weighted by molar-refractivity contribution is -0.132. The summed E-state index contributed by atoms with van der Waals surface area (Å²) < 4.78 is 5.15. The van der Waals surface area contributed by atoms with E-state index < -0.39 is 5.97 Å². The molecule has 0 saturated carbocycles. The number of pyridine rings is 1. The van der Waals surface area contributed by atoms with Crippen LogP contribution in [0.2, 0.25) is 0 Å². The van der Waals surface area contributed by atoms with Gasteiger partial charge in [0.15, 0.2) is 0 Å². The zero-order chi connectivity index (χ0) is 21.3. The lowest BCUT2D eigenvalue weighted by Gasteiger charge is -2.23. The average Bonchev–Trinajstić information content (AvgIpc) is 2.78. The van der Waals surface area contributed by atoms with Crippen molar-refractivity contribution in [1.29, 1.82) is 0 Å². The molecule has 6 heteroatoms. The fourth-order valence-corrected chi connectivity index (χ4v) is 3.14. The Balaban J connectivity index is 1.72. The third kappa shape index (κ3) is 5.91. The number of carboxylic acid groups (broad SMARTS) is 1. The minimum absolute atomic E-state index is 0.0249. The summed E-state index contributed by atoms with van der Waals surface area (Å²) in [6, 6.07) is 20.1. The molecule has 0 saturated heterocycles. The van der Waals surface area contributed by atoms with E-state index in [1.807, 2.05) is 42.5 Å². The van der Waals surface area contributed by atoms with E-state index in [0.29, 0.717) is 31.8 Å². The topological polar surface area (TPSA) is 79.7 Å². The summed E-state index contributed by atoms with van der Waals surface area (Å²) >= 11 is 0. The maximum atomic E-state index is 13.0. The Morgan fingerprint density at radius 2 is 1.60 bits per heavy atom. The molecule has 1 N–H and O–H groups in total. The smallest absolute Gasteiger partial charge is 0.335 e. The van der Waals surface area contributed by atoms with E-state index in [9.17, 15) is 9.59 Å². The van der Waals surface area contributed by atoms with E-state index in [1.54, 1.807) is 42.5 Å². The molecule has 0 unspecified atom stereocenters. The molecule has 0 aliphatic carbocycles. The number of carbonyl (C=O) groups is 2. The molecular formula is C24H24N2O4. The minimum Gasteiger partial charge on any atom is -0.481 e. The molecular weight excluding hydrogens is 380 g/mol. The van der Waals surface area contributed by atoms with E-state index in [1.165, 1.54) is 0 Å². The second-order valence-corrected chi connectivity index (χ2v) is 6.94. The number of nitrogens with zero attached hydrogens (tertiary/aromatic N) is 2. The molecule has 3 rings (SSSR count). The van der Waals surface area contributed by atoms with Gasteiger partial charge in [-0.25, -0.2) is 9.78 Å². The van der Waals surface area contributed by atoms with Crippen LogP contribution in [0.1, 0.15) is 33.5 Å². The van der Waals surface area contributed by atoms with Gasteiger partial charge in [0.2, 0.25) is 11.8 Å². The summed E-state index contributed by atoms with van der Waals surface area (Å²) in [5.74, 6) is -0.414. The van der Waals surface area contributed by atoms with Crippen molar-refractivity contribution in [3.05, 3.63) is 95.2 Å². The zero-order valence-corrected chi connectivity index (χ0v) is 16.8. The molecule has 3 aromatic rings. The number of methoxy groups -OCH3 is 1. The van der Waals surface area contributed by atoms with Crippen molar-refractivity contribution in [2.45, 2.75) is 25.9 Å². The van der Waals surface area contributed by atoms with Gasteiger partial charge in [0.1, 0.15) is 0 Å². The van der Waals surface area contributed by atoms with Crippen molar-refractivity contribution < 1.29 is 19.4 Å². The Morgan fingerprint density at radius 3 is 2.23 bits per heavy atom. The number of ether oxygens (including phenoxy) is 1. The van der Waals surface area contributed by atoms with Crippen LogP contribution >= 0.6 is 0 Å². The lowest BCUT2D eigenvalue weighted by atomic mass is 10.1. The van der Waals surface area contributed by atoms with Gasteiger partial charge in [-0.05, 0) is 41.3 Å². The van der Waals surface area contributed by atoms with Crippen LogP contribution in [-0.4, -0.2) is 34.0 Å². The number of rotatable bonds is 9. The number of hydrogen-bond acceptors (Lipinski definition) is 4. The molecule has 0 aliphatic heterocycles. The summed E-state index contributed by atoms with van der Waals surface area (Å²) in [5, 5.41) is 9.08. The van der Waals surface area contributed by atoms with Crippen LogP contribution in [0.3, 0.4) is 0 Å². The normalized spacial score (nSPS) is 10.4. The summed E-state index contributed by atoms with van der Waals surface area (Å²) in [5.41, 5.74) is 3.14. The SMILES string of the molecule is COc1cc(CCC(=O)N(Cc2ccccc2)Cc2ccc(C(=O)O)cc2)ccn1. The highest BCUT2D eigenvalue weighted by Gasteiger charge is 2.15. The molecule has 2 aromatic carbocycles. The fourth-order valence-electron chi connectivity index (χ4n) is 3.14. The Labute approximate surface area is 175 Å². The fraction of sp³-hybridized carbons (Fsp3) is 0.208. The van der Waals surface area contributed by atoms with Crippen molar-refractivity contribution in [2.75, 3.05) is 7.11 Å². The van der Waals surface area contributed by atoms with Gasteiger partial charge in [-0.1, -0.05) is 42.5 Å². The maximum Gasteiger partial charge on any atom is 0.335 e. The highest BCUT2D eigenvalue weighted by atomic mass is 16.5. The van der Waals surface area contributed by atoms with E-state index in [-0.39, 0.29) is 11.5 Å². The Bertz CT molecular complexity index is 988. The molecule has 1 heterocycles. The van der Waals surface area contributed by atoms with E-state index in [0.717, 1.165) is 16.7 Å². The zero-order valence-electron chi connectivity index (χ0n) is 16.8. The van der Waals surface area contributed by atoms with Gasteiger partial charge in [-0.3, -0.25) is 4.79 Å². The Kier molecular flexibility index (Phi) is 7.16. The maximum absolute atomic E-state index is 13.0. The molecule has 6 nitrogen and oxygen atoms in total. The molecule has 0 aliphatic rings. The van der Waals surface area contributed by atoms with Gasteiger partial charge in [0, 0.05) is 31.8 Å². The second-order valence-electron chi connectivity index (χ2n) is 6.94. The first-order valence-electron chi connectivity index (χ1n) is 9.68. The number of carbonyl (C=O) groups excluding carboxylic acids is 1. The number of carboxylic acids is 1. The average molecular weight is 404 g/mol. The predicted molar refractivity (Wildman–Crippen MR) is 113 cm³/mol. The van der Waals surface area contributed by atoms with Crippen molar-refractivity contribution in [2.24, 2.45) is 0 Å². The predicted octanol–water partition coefficient (Wildman–Crippen LogP) is 3.95. The molecule has 154 valence electrons. The molecule has 0 radical (unpaired) electrons. The lowest BCUT2D eigenvalue weighted by Crippen LogP contribution is -2.30. The van der Waals surface area contributed by atoms with Crippen molar-refractivity contribution >= 4 is 11.9 Å². The standard InChI is InChI=1S/C24H24N2O4/c1-30-22-15-18(13-14-25-22)9-12-23(27)26(16-19-5-3-2-4-6-19)17-20-7-10-21(11-8-20)24(28)29/h2-8,10-11,13-15H,9,12,16-17H2,1H3,(H,28,29). The molecule has 0 atom stereocenters. The number of amides is 1. The summed E-state index contributed by atoms with van der Waals surface area (Å²) in [4.78, 5) is 30.0. The van der Waals surface area contributed by atoms with Crippen LogP contribution in [0.15, 0.2) is 72.9 Å². The number of benzene rings is 2. The first-order valence-corrected chi connectivity index (χ1v) is 9.68.